The van der Waals surface area contributed by atoms with Gasteiger partial charge in [-0.05, 0) is 37.8 Å². The van der Waals surface area contributed by atoms with Crippen LogP contribution >= 0.6 is 0 Å². The summed E-state index contributed by atoms with van der Waals surface area (Å²) in [6.07, 6.45) is 6.92. The molecular formula is C17H22N2O2. The number of nitrogens with zero attached hydrogens (tertiary/aromatic N) is 1. The van der Waals surface area contributed by atoms with E-state index in [1.165, 1.54) is 19.3 Å². The molecule has 0 aliphatic carbocycles. The molecule has 4 nitrogen and oxygen atoms in total. The van der Waals surface area contributed by atoms with Gasteiger partial charge in [0.25, 0.3) is 0 Å². The zero-order chi connectivity index (χ0) is 14.5. The summed E-state index contributed by atoms with van der Waals surface area (Å²) < 4.78 is 11.2. The molecule has 0 amide bonds. The molecule has 21 heavy (non-hydrogen) atoms. The van der Waals surface area contributed by atoms with Gasteiger partial charge in [0.1, 0.15) is 11.6 Å². The summed E-state index contributed by atoms with van der Waals surface area (Å²) in [4.78, 5) is 4.46. The van der Waals surface area contributed by atoms with E-state index in [2.05, 4.69) is 16.4 Å². The minimum atomic E-state index is 0.399. The monoisotopic (exact) mass is 286 g/mol. The first kappa shape index (κ1) is 14.1. The van der Waals surface area contributed by atoms with E-state index in [1.54, 1.807) is 7.11 Å². The summed E-state index contributed by atoms with van der Waals surface area (Å²) in [5, 5.41) is 5.63. The molecule has 0 radical (unpaired) electrons. The van der Waals surface area contributed by atoms with Crippen molar-refractivity contribution in [3.8, 4) is 5.75 Å². The number of pyridine rings is 1. The minimum Gasteiger partial charge on any atom is -0.496 e. The number of methoxy groups -OCH3 is 1. The van der Waals surface area contributed by atoms with Crippen molar-refractivity contribution in [3.63, 3.8) is 0 Å². The molecule has 0 bridgehead atoms. The number of rotatable bonds is 5. The Kier molecular flexibility index (Phi) is 4.55. The van der Waals surface area contributed by atoms with E-state index >= 15 is 0 Å². The van der Waals surface area contributed by atoms with Crippen LogP contribution in [-0.4, -0.2) is 31.3 Å². The maximum Gasteiger partial charge on any atom is 0.133 e. The lowest BCUT2D eigenvalue weighted by Gasteiger charge is -2.22. The number of benzene rings is 1. The zero-order valence-corrected chi connectivity index (χ0v) is 12.5. The predicted molar refractivity (Wildman–Crippen MR) is 85.0 cm³/mol. The maximum absolute atomic E-state index is 5.76. The van der Waals surface area contributed by atoms with Crippen LogP contribution in [0, 0.1) is 0 Å². The van der Waals surface area contributed by atoms with E-state index in [0.717, 1.165) is 41.9 Å². The number of hydrogen-bond acceptors (Lipinski definition) is 4. The Morgan fingerprint density at radius 1 is 1.29 bits per heavy atom. The van der Waals surface area contributed by atoms with Gasteiger partial charge >= 0.3 is 0 Å². The highest BCUT2D eigenvalue weighted by molar-refractivity contribution is 5.95. The molecule has 1 aliphatic heterocycles. The maximum atomic E-state index is 5.76. The van der Waals surface area contributed by atoms with Crippen LogP contribution in [0.5, 0.6) is 5.75 Å². The van der Waals surface area contributed by atoms with Crippen molar-refractivity contribution in [1.29, 1.82) is 0 Å². The SMILES string of the molecule is COc1cccc2c(NCCC3CCCCO3)nccc12. The number of aromatic nitrogens is 1. The third kappa shape index (κ3) is 3.27. The van der Waals surface area contributed by atoms with E-state index in [0.29, 0.717) is 6.10 Å². The Morgan fingerprint density at radius 3 is 3.05 bits per heavy atom. The van der Waals surface area contributed by atoms with Crippen molar-refractivity contribution in [1.82, 2.24) is 4.98 Å². The normalized spacial score (nSPS) is 18.6. The van der Waals surface area contributed by atoms with Crippen molar-refractivity contribution >= 4 is 16.6 Å². The highest BCUT2D eigenvalue weighted by Gasteiger charge is 2.13. The molecule has 1 atom stereocenters. The minimum absolute atomic E-state index is 0.399. The molecule has 2 heterocycles. The van der Waals surface area contributed by atoms with E-state index < -0.39 is 0 Å². The van der Waals surface area contributed by atoms with Crippen LogP contribution in [0.1, 0.15) is 25.7 Å². The first-order chi connectivity index (χ1) is 10.4. The quantitative estimate of drug-likeness (QED) is 0.911. The van der Waals surface area contributed by atoms with Crippen LogP contribution in [0.2, 0.25) is 0 Å². The molecule has 112 valence electrons. The fourth-order valence-corrected chi connectivity index (χ4v) is 2.88. The Hall–Kier alpha value is -1.81. The third-order valence-electron chi connectivity index (χ3n) is 4.02. The van der Waals surface area contributed by atoms with Gasteiger partial charge in [-0.1, -0.05) is 12.1 Å². The fraction of sp³-hybridized carbons (Fsp3) is 0.471. The van der Waals surface area contributed by atoms with Gasteiger partial charge in [-0.15, -0.1) is 0 Å². The number of hydrogen-bond donors (Lipinski definition) is 1. The third-order valence-corrected chi connectivity index (χ3v) is 4.02. The van der Waals surface area contributed by atoms with Crippen molar-refractivity contribution < 1.29 is 9.47 Å². The Morgan fingerprint density at radius 2 is 2.24 bits per heavy atom. The Bertz CT molecular complexity index is 594. The van der Waals surface area contributed by atoms with Crippen molar-refractivity contribution in [3.05, 3.63) is 30.5 Å². The topological polar surface area (TPSA) is 43.4 Å². The lowest BCUT2D eigenvalue weighted by Crippen LogP contribution is -2.22. The molecule has 1 saturated heterocycles. The molecule has 0 saturated carbocycles. The lowest BCUT2D eigenvalue weighted by molar-refractivity contribution is 0.0134. The van der Waals surface area contributed by atoms with Gasteiger partial charge in [-0.25, -0.2) is 4.98 Å². The first-order valence-corrected chi connectivity index (χ1v) is 7.65. The number of nitrogens with one attached hydrogen (secondary N) is 1. The summed E-state index contributed by atoms with van der Waals surface area (Å²) in [7, 11) is 1.70. The van der Waals surface area contributed by atoms with Crippen molar-refractivity contribution in [2.24, 2.45) is 0 Å². The van der Waals surface area contributed by atoms with Gasteiger partial charge < -0.3 is 14.8 Å². The van der Waals surface area contributed by atoms with Crippen LogP contribution in [0.25, 0.3) is 10.8 Å². The predicted octanol–water partition coefficient (Wildman–Crippen LogP) is 3.61. The zero-order valence-electron chi connectivity index (χ0n) is 12.5. The van der Waals surface area contributed by atoms with Gasteiger partial charge in [0, 0.05) is 30.1 Å². The summed E-state index contributed by atoms with van der Waals surface area (Å²) in [5.74, 6) is 1.80. The van der Waals surface area contributed by atoms with Gasteiger partial charge in [-0.3, -0.25) is 0 Å². The highest BCUT2D eigenvalue weighted by atomic mass is 16.5. The van der Waals surface area contributed by atoms with Crippen molar-refractivity contribution in [2.45, 2.75) is 31.8 Å². The molecule has 1 fully saturated rings. The van der Waals surface area contributed by atoms with Crippen LogP contribution in [0.4, 0.5) is 5.82 Å². The molecule has 3 rings (SSSR count). The van der Waals surface area contributed by atoms with Crippen molar-refractivity contribution in [2.75, 3.05) is 25.6 Å². The second-order valence-corrected chi connectivity index (χ2v) is 5.42. The van der Waals surface area contributed by atoms with E-state index in [1.807, 2.05) is 24.4 Å². The molecule has 4 heteroatoms. The number of ether oxygens (including phenoxy) is 2. The molecule has 2 aromatic rings. The van der Waals surface area contributed by atoms with E-state index in [9.17, 15) is 0 Å². The Labute approximate surface area is 125 Å². The smallest absolute Gasteiger partial charge is 0.133 e. The van der Waals surface area contributed by atoms with E-state index in [-0.39, 0.29) is 0 Å². The number of anilines is 1. The van der Waals surface area contributed by atoms with E-state index in [4.69, 9.17) is 9.47 Å². The molecule has 1 aromatic carbocycles. The summed E-state index contributed by atoms with van der Waals surface area (Å²) >= 11 is 0. The second kappa shape index (κ2) is 6.76. The summed E-state index contributed by atoms with van der Waals surface area (Å²) in [6.45, 7) is 1.79. The molecule has 1 aromatic heterocycles. The summed E-state index contributed by atoms with van der Waals surface area (Å²) in [5.41, 5.74) is 0. The molecule has 1 N–H and O–H groups in total. The lowest BCUT2D eigenvalue weighted by atomic mass is 10.1. The van der Waals surface area contributed by atoms with Crippen LogP contribution in [-0.2, 0) is 4.74 Å². The fourth-order valence-electron chi connectivity index (χ4n) is 2.88. The van der Waals surface area contributed by atoms with Gasteiger partial charge in [0.15, 0.2) is 0 Å². The van der Waals surface area contributed by atoms with Crippen LogP contribution in [0.3, 0.4) is 0 Å². The second-order valence-electron chi connectivity index (χ2n) is 5.42. The molecular weight excluding hydrogens is 264 g/mol. The molecule has 1 aliphatic rings. The van der Waals surface area contributed by atoms with Gasteiger partial charge in [-0.2, -0.15) is 0 Å². The first-order valence-electron chi connectivity index (χ1n) is 7.65. The largest absolute Gasteiger partial charge is 0.496 e. The highest BCUT2D eigenvalue weighted by Crippen LogP contribution is 2.29. The van der Waals surface area contributed by atoms with Gasteiger partial charge in [0.2, 0.25) is 0 Å². The molecule has 0 spiro atoms. The summed E-state index contributed by atoms with van der Waals surface area (Å²) in [6, 6.07) is 8.04. The average molecular weight is 286 g/mol. The van der Waals surface area contributed by atoms with Crippen LogP contribution < -0.4 is 10.1 Å². The molecule has 1 unspecified atom stereocenters. The van der Waals surface area contributed by atoms with Crippen LogP contribution in [0.15, 0.2) is 30.5 Å². The van der Waals surface area contributed by atoms with Gasteiger partial charge in [0.05, 0.1) is 13.2 Å². The Balaban J connectivity index is 1.69. The standard InChI is InChI=1S/C17H22N2O2/c1-20-16-7-4-6-15-14(16)9-11-19-17(15)18-10-8-13-5-2-3-12-21-13/h4,6-7,9,11,13H,2-3,5,8,10,12H2,1H3,(H,18,19). The number of fused-ring (bicyclic) bond motifs is 1. The average Bonchev–Trinajstić information content (AvgIpc) is 2.55.